The van der Waals surface area contributed by atoms with Gasteiger partial charge in [0.15, 0.2) is 5.76 Å². The molecule has 2 rings (SSSR count). The van der Waals surface area contributed by atoms with Gasteiger partial charge in [-0.25, -0.2) is 0 Å². The third-order valence-corrected chi connectivity index (χ3v) is 7.72. The van der Waals surface area contributed by atoms with Crippen molar-refractivity contribution < 1.29 is 39.1 Å². The molecule has 38 heavy (non-hydrogen) atoms. The smallest absolute Gasteiger partial charge is 0.308 e. The van der Waals surface area contributed by atoms with Gasteiger partial charge in [0.05, 0.1) is 35.9 Å². The van der Waals surface area contributed by atoms with Crippen LogP contribution in [-0.4, -0.2) is 64.2 Å². The van der Waals surface area contributed by atoms with Gasteiger partial charge in [0, 0.05) is 25.0 Å². The number of carboxylic acids is 1. The number of hydrogen-bond donors (Lipinski definition) is 3. The van der Waals surface area contributed by atoms with E-state index in [1.54, 1.807) is 40.0 Å². The van der Waals surface area contributed by atoms with E-state index in [0.29, 0.717) is 25.0 Å². The topological polar surface area (TPSA) is 123 Å². The average Bonchev–Trinajstić information content (AvgIpc) is 3.18. The van der Waals surface area contributed by atoms with Crippen LogP contribution in [0.2, 0.25) is 0 Å². The summed E-state index contributed by atoms with van der Waals surface area (Å²) in [6.07, 6.45) is 7.20. The molecule has 0 aromatic heterocycles. The lowest BCUT2D eigenvalue weighted by molar-refractivity contribution is -0.147. The molecule has 0 unspecified atom stereocenters. The lowest BCUT2D eigenvalue weighted by Crippen LogP contribution is -2.37. The van der Waals surface area contributed by atoms with Crippen LogP contribution in [0.3, 0.4) is 0 Å². The minimum Gasteiger partial charge on any atom is -0.481 e. The number of ketones is 1. The third-order valence-electron chi connectivity index (χ3n) is 7.72. The summed E-state index contributed by atoms with van der Waals surface area (Å²) in [4.78, 5) is 23.5. The second-order valence-corrected chi connectivity index (χ2v) is 11.1. The molecule has 0 radical (unpaired) electrons. The first-order chi connectivity index (χ1) is 17.7. The first-order valence-corrected chi connectivity index (χ1v) is 13.5. The molecular formula is C30H46O8. The van der Waals surface area contributed by atoms with Crippen molar-refractivity contribution in [3.63, 3.8) is 0 Å². The standard InChI is InChI=1S/C30H46O8/c1-9-22-14-25(38-26(15-22)21(6)29(33)34)18(3)16-30(7,35)11-10-24(36-8)20(5)28(32)17(2)12-27-23(31)13-19(4)37-27/h12-14,16-17,20-21,24-26,28,32,35H,9-11,15H2,1-8H3,(H,33,34)/b18-16+,27-12-/t17-,20-,21+,24-,25-,26+,28+,30-/m0/s1. The summed E-state index contributed by atoms with van der Waals surface area (Å²) in [7, 11) is 1.58. The summed E-state index contributed by atoms with van der Waals surface area (Å²) in [5.41, 5.74) is 0.797. The Hall–Kier alpha value is -2.26. The number of aliphatic hydroxyl groups excluding tert-OH is 1. The van der Waals surface area contributed by atoms with Crippen molar-refractivity contribution >= 4 is 11.8 Å². The molecule has 0 spiro atoms. The summed E-state index contributed by atoms with van der Waals surface area (Å²) in [5, 5.41) is 31.6. The number of ether oxygens (including phenoxy) is 3. The Kier molecular flexibility index (Phi) is 11.5. The summed E-state index contributed by atoms with van der Waals surface area (Å²) < 4.78 is 17.2. The number of rotatable bonds is 13. The molecule has 2 heterocycles. The van der Waals surface area contributed by atoms with Crippen LogP contribution in [0, 0.1) is 17.8 Å². The van der Waals surface area contributed by atoms with Crippen LogP contribution >= 0.6 is 0 Å². The molecule has 8 heteroatoms. The molecule has 0 bridgehead atoms. The molecule has 0 saturated heterocycles. The van der Waals surface area contributed by atoms with Crippen molar-refractivity contribution in [2.24, 2.45) is 17.8 Å². The van der Waals surface area contributed by atoms with Gasteiger partial charge < -0.3 is 29.5 Å². The number of methoxy groups -OCH3 is 1. The van der Waals surface area contributed by atoms with E-state index in [-0.39, 0.29) is 29.5 Å². The summed E-state index contributed by atoms with van der Waals surface area (Å²) >= 11 is 0. The van der Waals surface area contributed by atoms with Crippen LogP contribution < -0.4 is 0 Å². The Balaban J connectivity index is 2.05. The second kappa shape index (κ2) is 13.7. The molecule has 8 nitrogen and oxygen atoms in total. The zero-order valence-corrected chi connectivity index (χ0v) is 24.1. The molecular weight excluding hydrogens is 488 g/mol. The number of carboxylic acid groups (broad SMARTS) is 1. The van der Waals surface area contributed by atoms with Gasteiger partial charge in [-0.3, -0.25) is 9.59 Å². The normalized spacial score (nSPS) is 27.1. The van der Waals surface area contributed by atoms with Gasteiger partial charge in [0.1, 0.15) is 5.76 Å². The van der Waals surface area contributed by atoms with Crippen LogP contribution in [0.25, 0.3) is 0 Å². The van der Waals surface area contributed by atoms with Crippen LogP contribution in [0.5, 0.6) is 0 Å². The Bertz CT molecular complexity index is 973. The second-order valence-electron chi connectivity index (χ2n) is 11.1. The van der Waals surface area contributed by atoms with E-state index in [0.717, 1.165) is 17.6 Å². The molecule has 0 fully saturated rings. The maximum Gasteiger partial charge on any atom is 0.308 e. The van der Waals surface area contributed by atoms with Gasteiger partial charge in [-0.2, -0.15) is 0 Å². The van der Waals surface area contributed by atoms with E-state index in [9.17, 15) is 24.9 Å². The van der Waals surface area contributed by atoms with Crippen molar-refractivity contribution in [2.75, 3.05) is 7.11 Å². The van der Waals surface area contributed by atoms with Crippen LogP contribution in [0.1, 0.15) is 74.1 Å². The minimum atomic E-state index is -1.17. The van der Waals surface area contributed by atoms with Crippen LogP contribution in [-0.2, 0) is 23.8 Å². The minimum absolute atomic E-state index is 0.206. The van der Waals surface area contributed by atoms with Gasteiger partial charge in [-0.05, 0) is 65.0 Å². The number of carbonyl (C=O) groups is 2. The van der Waals surface area contributed by atoms with Crippen molar-refractivity contribution in [1.82, 2.24) is 0 Å². The van der Waals surface area contributed by atoms with Gasteiger partial charge in [-0.15, -0.1) is 0 Å². The fourth-order valence-electron chi connectivity index (χ4n) is 5.11. The summed E-state index contributed by atoms with van der Waals surface area (Å²) in [5.74, 6) is -1.58. The Morgan fingerprint density at radius 1 is 1.32 bits per heavy atom. The maximum atomic E-state index is 12.0. The monoisotopic (exact) mass is 534 g/mol. The molecule has 0 amide bonds. The zero-order chi connectivity index (χ0) is 28.8. The molecule has 0 aromatic carbocycles. The van der Waals surface area contributed by atoms with Crippen LogP contribution in [0.15, 0.2) is 47.0 Å². The highest BCUT2D eigenvalue weighted by Gasteiger charge is 2.33. The van der Waals surface area contributed by atoms with E-state index in [2.05, 4.69) is 0 Å². The predicted molar refractivity (Wildman–Crippen MR) is 145 cm³/mol. The highest BCUT2D eigenvalue weighted by atomic mass is 16.5. The van der Waals surface area contributed by atoms with E-state index >= 15 is 0 Å². The van der Waals surface area contributed by atoms with Crippen molar-refractivity contribution in [3.8, 4) is 0 Å². The number of allylic oxidation sites excluding steroid dienone is 2. The molecule has 214 valence electrons. The highest BCUT2D eigenvalue weighted by molar-refractivity contribution is 6.04. The molecule has 2 aliphatic heterocycles. The molecule has 0 aromatic rings. The van der Waals surface area contributed by atoms with E-state index in [1.807, 2.05) is 33.8 Å². The number of hydrogen-bond acceptors (Lipinski definition) is 7. The van der Waals surface area contributed by atoms with Crippen molar-refractivity contribution in [3.05, 3.63) is 47.0 Å². The lowest BCUT2D eigenvalue weighted by Gasteiger charge is -2.34. The van der Waals surface area contributed by atoms with Gasteiger partial charge in [0.25, 0.3) is 0 Å². The first-order valence-electron chi connectivity index (χ1n) is 13.5. The summed E-state index contributed by atoms with van der Waals surface area (Å²) in [6.45, 7) is 12.7. The fourth-order valence-corrected chi connectivity index (χ4v) is 5.11. The predicted octanol–water partition coefficient (Wildman–Crippen LogP) is 4.71. The molecule has 0 saturated carbocycles. The van der Waals surface area contributed by atoms with Gasteiger partial charge in [-0.1, -0.05) is 38.5 Å². The summed E-state index contributed by atoms with van der Waals surface area (Å²) in [6, 6.07) is 0. The molecule has 0 aliphatic carbocycles. The van der Waals surface area contributed by atoms with E-state index < -0.39 is 35.8 Å². The van der Waals surface area contributed by atoms with E-state index in [1.165, 1.54) is 6.08 Å². The van der Waals surface area contributed by atoms with Gasteiger partial charge in [0.2, 0.25) is 5.78 Å². The zero-order valence-electron chi connectivity index (χ0n) is 24.1. The maximum absolute atomic E-state index is 12.0. The lowest BCUT2D eigenvalue weighted by atomic mass is 9.84. The third kappa shape index (κ3) is 8.63. The number of aliphatic carboxylic acids is 1. The Morgan fingerprint density at radius 3 is 2.50 bits per heavy atom. The quantitative estimate of drug-likeness (QED) is 0.229. The molecule has 3 N–H and O–H groups in total. The number of aliphatic hydroxyl groups is 2. The number of carbonyl (C=O) groups excluding carboxylic acids is 1. The van der Waals surface area contributed by atoms with Crippen molar-refractivity contribution in [1.29, 1.82) is 0 Å². The largest absolute Gasteiger partial charge is 0.481 e. The molecule has 2 aliphatic rings. The average molecular weight is 535 g/mol. The Morgan fingerprint density at radius 2 is 1.97 bits per heavy atom. The fraction of sp³-hybridized carbons (Fsp3) is 0.667. The van der Waals surface area contributed by atoms with Gasteiger partial charge >= 0.3 is 5.97 Å². The van der Waals surface area contributed by atoms with E-state index in [4.69, 9.17) is 14.2 Å². The van der Waals surface area contributed by atoms with Crippen LogP contribution in [0.4, 0.5) is 0 Å². The van der Waals surface area contributed by atoms with Crippen molar-refractivity contribution in [2.45, 2.75) is 104 Å². The molecule has 8 atom stereocenters. The first kappa shape index (κ1) is 32.0. The SMILES string of the molecule is CCC1=C[C@@H](/C(C)=C/[C@@](C)(O)CC[C@H](OC)[C@H](C)[C@H](O)[C@@H](C)/C=C2\OC(C)=CC2=O)O[C@@H]([C@@H](C)C(=O)O)C1. The highest BCUT2D eigenvalue weighted by Crippen LogP contribution is 2.32. The Labute approximate surface area is 227 Å².